The number of rotatable bonds is 5. The first-order chi connectivity index (χ1) is 4.98. The van der Waals surface area contributed by atoms with Gasteiger partial charge in [-0.3, -0.25) is 9.18 Å². The molecule has 0 saturated heterocycles. The molecule has 0 bridgehead atoms. The Morgan fingerprint density at radius 2 is 2.00 bits per heavy atom. The molecule has 0 fully saturated rings. The van der Waals surface area contributed by atoms with Gasteiger partial charge in [0, 0.05) is 0 Å². The third kappa shape index (κ3) is 5.97. The summed E-state index contributed by atoms with van der Waals surface area (Å²) in [6.45, 7) is 0.546. The number of Topliss-reactive ketones (excluding diaryl/α,β-unsaturated/α-hetero) is 1. The van der Waals surface area contributed by atoms with Crippen LogP contribution in [0.4, 0.5) is 4.39 Å². The molecule has 66 valence electrons. The molecule has 3 nitrogen and oxygen atoms in total. The number of carbonyl (C=O) groups excluding carboxylic acids is 1. The van der Waals surface area contributed by atoms with Crippen molar-refractivity contribution in [2.75, 3.05) is 18.2 Å². The second kappa shape index (κ2) is 4.43. The minimum atomic E-state index is -3.33. The Balaban J connectivity index is 3.92. The fourth-order valence-electron chi connectivity index (χ4n) is 0.656. The maximum Gasteiger partial charge on any atom is 0.157 e. The van der Waals surface area contributed by atoms with Crippen LogP contribution in [0.15, 0.2) is 0 Å². The van der Waals surface area contributed by atoms with Crippen LogP contribution in [-0.2, 0) is 14.6 Å². The normalized spacial score (nSPS) is 11.5. The van der Waals surface area contributed by atoms with Crippen molar-refractivity contribution in [2.45, 2.75) is 13.3 Å². The van der Waals surface area contributed by atoms with Gasteiger partial charge in [-0.15, -0.1) is 0 Å². The van der Waals surface area contributed by atoms with E-state index < -0.39 is 28.0 Å². The fraction of sp³-hybridized carbons (Fsp3) is 0.833. The highest BCUT2D eigenvalue weighted by Gasteiger charge is 2.12. The lowest BCUT2D eigenvalue weighted by Gasteiger charge is -1.97. The summed E-state index contributed by atoms with van der Waals surface area (Å²) >= 11 is 0. The topological polar surface area (TPSA) is 51.2 Å². The molecule has 0 aliphatic heterocycles. The lowest BCUT2D eigenvalue weighted by Crippen LogP contribution is -2.16. The molecule has 5 heteroatoms. The van der Waals surface area contributed by atoms with Crippen LogP contribution >= 0.6 is 0 Å². The third-order valence-corrected chi connectivity index (χ3v) is 2.77. The summed E-state index contributed by atoms with van der Waals surface area (Å²) in [5.74, 6) is -1.10. The molecule has 0 aliphatic rings. The summed E-state index contributed by atoms with van der Waals surface area (Å²) in [5.41, 5.74) is 0. The molecule has 0 aromatic carbocycles. The van der Waals surface area contributed by atoms with Gasteiger partial charge < -0.3 is 0 Å². The molecule has 0 N–H and O–H groups in total. The van der Waals surface area contributed by atoms with E-state index in [1.165, 1.54) is 6.92 Å². The third-order valence-electron chi connectivity index (χ3n) is 1.01. The largest absolute Gasteiger partial charge is 0.299 e. The van der Waals surface area contributed by atoms with E-state index in [2.05, 4.69) is 0 Å². The lowest BCUT2D eigenvalue weighted by atomic mass is 10.5. The summed E-state index contributed by atoms with van der Waals surface area (Å²) in [4.78, 5) is 10.3. The van der Waals surface area contributed by atoms with Crippen LogP contribution in [-0.4, -0.2) is 32.4 Å². The summed E-state index contributed by atoms with van der Waals surface area (Å²) < 4.78 is 33.1. The Morgan fingerprint density at radius 3 is 2.36 bits per heavy atom. The van der Waals surface area contributed by atoms with Crippen LogP contribution in [0, 0.1) is 0 Å². The standard InChI is InChI=1S/C6H11FO3S/c1-6(8)5-11(9,10)4-2-3-7/h2-5H2,1H3. The minimum Gasteiger partial charge on any atom is -0.299 e. The number of hydrogen-bond acceptors (Lipinski definition) is 3. The maximum atomic E-state index is 11.5. The number of alkyl halides is 1. The molecular weight excluding hydrogens is 171 g/mol. The average molecular weight is 182 g/mol. The lowest BCUT2D eigenvalue weighted by molar-refractivity contribution is -0.114. The van der Waals surface area contributed by atoms with Gasteiger partial charge >= 0.3 is 0 Å². The molecule has 0 heterocycles. The predicted molar refractivity (Wildman–Crippen MR) is 39.9 cm³/mol. The van der Waals surface area contributed by atoms with Crippen molar-refractivity contribution in [3.05, 3.63) is 0 Å². The number of ketones is 1. The van der Waals surface area contributed by atoms with Gasteiger partial charge in [-0.05, 0) is 13.3 Å². The van der Waals surface area contributed by atoms with Crippen LogP contribution in [0.2, 0.25) is 0 Å². The van der Waals surface area contributed by atoms with E-state index in [1.54, 1.807) is 0 Å². The van der Waals surface area contributed by atoms with Gasteiger partial charge in [-0.2, -0.15) is 0 Å². The zero-order chi connectivity index (χ0) is 8.91. The Bertz CT molecular complexity index is 220. The molecule has 0 rings (SSSR count). The Morgan fingerprint density at radius 1 is 1.45 bits per heavy atom. The predicted octanol–water partition coefficient (Wildman–Crippen LogP) is 0.350. The van der Waals surface area contributed by atoms with Crippen molar-refractivity contribution >= 4 is 15.6 Å². The molecule has 0 unspecified atom stereocenters. The molecule has 0 amide bonds. The number of carbonyl (C=O) groups is 1. The van der Waals surface area contributed by atoms with Gasteiger partial charge in [-0.25, -0.2) is 8.42 Å². The zero-order valence-electron chi connectivity index (χ0n) is 6.34. The Hall–Kier alpha value is -0.450. The number of hydrogen-bond donors (Lipinski definition) is 0. The van der Waals surface area contributed by atoms with Crippen LogP contribution < -0.4 is 0 Å². The second-order valence-electron chi connectivity index (χ2n) is 2.34. The van der Waals surface area contributed by atoms with Gasteiger partial charge in [0.05, 0.1) is 12.4 Å². The number of halogens is 1. The Labute approximate surface area is 65.5 Å². The quantitative estimate of drug-likeness (QED) is 0.616. The van der Waals surface area contributed by atoms with Crippen LogP contribution in [0.5, 0.6) is 0 Å². The molecule has 0 aromatic rings. The highest BCUT2D eigenvalue weighted by molar-refractivity contribution is 7.92. The molecule has 11 heavy (non-hydrogen) atoms. The van der Waals surface area contributed by atoms with E-state index in [0.717, 1.165) is 0 Å². The molecule has 0 aromatic heterocycles. The van der Waals surface area contributed by atoms with Crippen molar-refractivity contribution in [3.63, 3.8) is 0 Å². The summed E-state index contributed by atoms with van der Waals surface area (Å²) in [7, 11) is -3.33. The molecule has 0 atom stereocenters. The van der Waals surface area contributed by atoms with Crippen LogP contribution in [0.25, 0.3) is 0 Å². The molecule has 0 aliphatic carbocycles. The van der Waals surface area contributed by atoms with Gasteiger partial charge in [0.1, 0.15) is 11.5 Å². The van der Waals surface area contributed by atoms with Gasteiger partial charge in [0.25, 0.3) is 0 Å². The van der Waals surface area contributed by atoms with Gasteiger partial charge in [-0.1, -0.05) is 0 Å². The van der Waals surface area contributed by atoms with Crippen LogP contribution in [0.1, 0.15) is 13.3 Å². The van der Waals surface area contributed by atoms with E-state index in [9.17, 15) is 17.6 Å². The minimum absolute atomic E-state index is 0.0182. The smallest absolute Gasteiger partial charge is 0.157 e. The highest BCUT2D eigenvalue weighted by Crippen LogP contribution is 1.94. The first kappa shape index (κ1) is 10.6. The van der Waals surface area contributed by atoms with Crippen LogP contribution in [0.3, 0.4) is 0 Å². The van der Waals surface area contributed by atoms with E-state index >= 15 is 0 Å². The molecular formula is C6H11FO3S. The number of sulfone groups is 1. The van der Waals surface area contributed by atoms with Crippen molar-refractivity contribution in [2.24, 2.45) is 0 Å². The van der Waals surface area contributed by atoms with Gasteiger partial charge in [0.2, 0.25) is 0 Å². The Kier molecular flexibility index (Phi) is 4.25. The summed E-state index contributed by atoms with van der Waals surface area (Å²) in [5, 5.41) is 0. The second-order valence-corrected chi connectivity index (χ2v) is 4.52. The maximum absolute atomic E-state index is 11.5. The van der Waals surface area contributed by atoms with Crippen molar-refractivity contribution in [3.8, 4) is 0 Å². The first-order valence-corrected chi connectivity index (χ1v) is 5.06. The highest BCUT2D eigenvalue weighted by atomic mass is 32.2. The molecule has 0 saturated carbocycles. The van der Waals surface area contributed by atoms with E-state index in [-0.39, 0.29) is 12.2 Å². The van der Waals surface area contributed by atoms with Crippen molar-refractivity contribution in [1.82, 2.24) is 0 Å². The summed E-state index contributed by atoms with van der Waals surface area (Å²) in [6.07, 6.45) is -0.0182. The molecule has 0 radical (unpaired) electrons. The molecule has 0 spiro atoms. The SMILES string of the molecule is CC(=O)CS(=O)(=O)CCCF. The average Bonchev–Trinajstić information content (AvgIpc) is 1.81. The van der Waals surface area contributed by atoms with E-state index in [0.29, 0.717) is 0 Å². The monoisotopic (exact) mass is 182 g/mol. The first-order valence-electron chi connectivity index (χ1n) is 3.24. The zero-order valence-corrected chi connectivity index (χ0v) is 7.16. The van der Waals surface area contributed by atoms with Gasteiger partial charge in [0.15, 0.2) is 9.84 Å². The van der Waals surface area contributed by atoms with Crippen molar-refractivity contribution in [1.29, 1.82) is 0 Å². The fourth-order valence-corrected chi connectivity index (χ4v) is 1.97. The van der Waals surface area contributed by atoms with E-state index in [1.807, 2.05) is 0 Å². The van der Waals surface area contributed by atoms with Crippen molar-refractivity contribution < 1.29 is 17.6 Å². The van der Waals surface area contributed by atoms with E-state index in [4.69, 9.17) is 0 Å². The summed E-state index contributed by atoms with van der Waals surface area (Å²) in [6, 6.07) is 0.